The van der Waals surface area contributed by atoms with E-state index in [4.69, 9.17) is 9.15 Å². The van der Waals surface area contributed by atoms with Crippen molar-refractivity contribution in [1.82, 2.24) is 15.5 Å². The quantitative estimate of drug-likeness (QED) is 0.412. The summed E-state index contributed by atoms with van der Waals surface area (Å²) in [6.45, 7) is 8.89. The van der Waals surface area contributed by atoms with Crippen LogP contribution < -0.4 is 10.6 Å². The van der Waals surface area contributed by atoms with Crippen molar-refractivity contribution >= 4 is 5.96 Å². The van der Waals surface area contributed by atoms with Crippen molar-refractivity contribution in [2.24, 2.45) is 10.9 Å². The third-order valence-electron chi connectivity index (χ3n) is 4.18. The topological polar surface area (TPSA) is 62.0 Å². The molecular formula is C17H30N4O2. The number of hydrogen-bond acceptors (Lipinski definition) is 4. The second-order valence-electron chi connectivity index (χ2n) is 5.91. The van der Waals surface area contributed by atoms with E-state index in [0.29, 0.717) is 13.2 Å². The van der Waals surface area contributed by atoms with Crippen LogP contribution in [0.1, 0.15) is 25.5 Å². The van der Waals surface area contributed by atoms with Gasteiger partial charge in [-0.15, -0.1) is 0 Å². The van der Waals surface area contributed by atoms with E-state index in [1.165, 1.54) is 19.5 Å². The zero-order valence-electron chi connectivity index (χ0n) is 14.4. The minimum absolute atomic E-state index is 0.537. The number of aliphatic imine (C=N–C) groups is 1. The molecule has 2 heterocycles. The summed E-state index contributed by atoms with van der Waals surface area (Å²) in [6.07, 6.45) is 3.88. The molecule has 0 spiro atoms. The van der Waals surface area contributed by atoms with Gasteiger partial charge in [0.05, 0.1) is 6.26 Å². The highest BCUT2D eigenvalue weighted by Gasteiger charge is 2.20. The Morgan fingerprint density at radius 3 is 3.09 bits per heavy atom. The van der Waals surface area contributed by atoms with Gasteiger partial charge >= 0.3 is 0 Å². The predicted octanol–water partition coefficient (Wildman–Crippen LogP) is 1.69. The molecule has 1 aliphatic rings. The first-order valence-corrected chi connectivity index (χ1v) is 8.58. The molecular weight excluding hydrogens is 292 g/mol. The molecule has 1 aliphatic heterocycles. The minimum Gasteiger partial charge on any atom is -0.467 e. The average Bonchev–Trinajstić information content (AvgIpc) is 3.25. The van der Waals surface area contributed by atoms with Crippen LogP contribution in [0.25, 0.3) is 0 Å². The van der Waals surface area contributed by atoms with Gasteiger partial charge in [0, 0.05) is 33.3 Å². The lowest BCUT2D eigenvalue weighted by Gasteiger charge is -2.16. The number of ether oxygens (including phenoxy) is 1. The Labute approximate surface area is 139 Å². The van der Waals surface area contributed by atoms with Gasteiger partial charge in [0.1, 0.15) is 12.4 Å². The van der Waals surface area contributed by atoms with Gasteiger partial charge in [-0.05, 0) is 44.0 Å². The molecule has 0 aliphatic carbocycles. The zero-order valence-corrected chi connectivity index (χ0v) is 14.4. The Hall–Kier alpha value is -1.53. The summed E-state index contributed by atoms with van der Waals surface area (Å²) in [5.74, 6) is 2.48. The number of nitrogens with one attached hydrogen (secondary N) is 2. The smallest absolute Gasteiger partial charge is 0.190 e. The Morgan fingerprint density at radius 1 is 1.48 bits per heavy atom. The maximum absolute atomic E-state index is 5.56. The first kappa shape index (κ1) is 17.8. The van der Waals surface area contributed by atoms with Crippen molar-refractivity contribution in [3.05, 3.63) is 24.2 Å². The second kappa shape index (κ2) is 10.3. The van der Waals surface area contributed by atoms with Crippen molar-refractivity contribution in [3.8, 4) is 0 Å². The van der Waals surface area contributed by atoms with Crippen LogP contribution in [0.4, 0.5) is 0 Å². The Morgan fingerprint density at radius 2 is 2.39 bits per heavy atom. The lowest BCUT2D eigenvalue weighted by atomic mass is 10.1. The van der Waals surface area contributed by atoms with E-state index in [1.54, 1.807) is 6.26 Å². The predicted molar refractivity (Wildman–Crippen MR) is 92.6 cm³/mol. The summed E-state index contributed by atoms with van der Waals surface area (Å²) >= 11 is 0. The first-order valence-electron chi connectivity index (χ1n) is 8.58. The summed E-state index contributed by atoms with van der Waals surface area (Å²) in [7, 11) is 1.82. The SMILES string of the molecule is CCN1CCC(CNC(=NC)NCCCOCc2ccco2)C1. The maximum Gasteiger partial charge on any atom is 0.190 e. The van der Waals surface area contributed by atoms with Crippen LogP contribution in [0.5, 0.6) is 0 Å². The van der Waals surface area contributed by atoms with Crippen LogP contribution in [0.15, 0.2) is 27.8 Å². The molecule has 0 radical (unpaired) electrons. The fraction of sp³-hybridized carbons (Fsp3) is 0.706. The molecule has 130 valence electrons. The standard InChI is InChI=1S/C17H30N4O2/c1-3-21-9-7-15(13-21)12-20-17(18-2)19-8-5-10-22-14-16-6-4-11-23-16/h4,6,11,15H,3,5,7-10,12-14H2,1-2H3,(H2,18,19,20). The van der Waals surface area contributed by atoms with Gasteiger partial charge in [-0.3, -0.25) is 4.99 Å². The van der Waals surface area contributed by atoms with Gasteiger partial charge in [0.2, 0.25) is 0 Å². The number of rotatable bonds is 9. The van der Waals surface area contributed by atoms with Gasteiger partial charge in [0.15, 0.2) is 5.96 Å². The minimum atomic E-state index is 0.537. The molecule has 0 amide bonds. The highest BCUT2D eigenvalue weighted by atomic mass is 16.5. The van der Waals surface area contributed by atoms with Crippen LogP contribution >= 0.6 is 0 Å². The van der Waals surface area contributed by atoms with Crippen molar-refractivity contribution in [3.63, 3.8) is 0 Å². The van der Waals surface area contributed by atoms with Gasteiger partial charge in [-0.1, -0.05) is 6.92 Å². The molecule has 6 heteroatoms. The molecule has 1 atom stereocenters. The summed E-state index contributed by atoms with van der Waals surface area (Å²) < 4.78 is 10.8. The van der Waals surface area contributed by atoms with Gasteiger partial charge in [-0.2, -0.15) is 0 Å². The molecule has 1 unspecified atom stereocenters. The molecule has 23 heavy (non-hydrogen) atoms. The molecule has 0 bridgehead atoms. The van der Waals surface area contributed by atoms with E-state index >= 15 is 0 Å². The van der Waals surface area contributed by atoms with Crippen molar-refractivity contribution in [2.45, 2.75) is 26.4 Å². The van der Waals surface area contributed by atoms with Crippen molar-refractivity contribution < 1.29 is 9.15 Å². The normalized spacial score (nSPS) is 19.2. The summed E-state index contributed by atoms with van der Waals surface area (Å²) in [5.41, 5.74) is 0. The lowest BCUT2D eigenvalue weighted by molar-refractivity contribution is 0.105. The monoisotopic (exact) mass is 322 g/mol. The summed E-state index contributed by atoms with van der Waals surface area (Å²) in [4.78, 5) is 6.77. The summed E-state index contributed by atoms with van der Waals surface area (Å²) in [6, 6.07) is 3.80. The largest absolute Gasteiger partial charge is 0.467 e. The number of furan rings is 1. The second-order valence-corrected chi connectivity index (χ2v) is 5.91. The first-order chi connectivity index (χ1) is 11.3. The van der Waals surface area contributed by atoms with Crippen LogP contribution in [0, 0.1) is 5.92 Å². The highest BCUT2D eigenvalue weighted by Crippen LogP contribution is 2.14. The van der Waals surface area contributed by atoms with E-state index in [-0.39, 0.29) is 0 Å². The molecule has 1 fully saturated rings. The van der Waals surface area contributed by atoms with Crippen molar-refractivity contribution in [1.29, 1.82) is 0 Å². The van der Waals surface area contributed by atoms with E-state index < -0.39 is 0 Å². The molecule has 1 aromatic heterocycles. The van der Waals surface area contributed by atoms with E-state index in [0.717, 1.165) is 43.7 Å². The molecule has 2 N–H and O–H groups in total. The molecule has 1 aromatic rings. The fourth-order valence-corrected chi connectivity index (χ4v) is 2.78. The number of nitrogens with zero attached hydrogens (tertiary/aromatic N) is 2. The van der Waals surface area contributed by atoms with E-state index in [2.05, 4.69) is 27.4 Å². The van der Waals surface area contributed by atoms with E-state index in [1.807, 2.05) is 19.2 Å². The molecule has 0 aromatic carbocycles. The average molecular weight is 322 g/mol. The zero-order chi connectivity index (χ0) is 16.3. The Kier molecular flexibility index (Phi) is 7.97. The molecule has 2 rings (SSSR count). The van der Waals surface area contributed by atoms with E-state index in [9.17, 15) is 0 Å². The van der Waals surface area contributed by atoms with Crippen LogP contribution in [0.3, 0.4) is 0 Å². The van der Waals surface area contributed by atoms with Gasteiger partial charge in [-0.25, -0.2) is 0 Å². The number of guanidine groups is 1. The number of hydrogen-bond donors (Lipinski definition) is 2. The van der Waals surface area contributed by atoms with Crippen molar-refractivity contribution in [2.75, 3.05) is 46.4 Å². The Bertz CT molecular complexity index is 447. The third-order valence-corrected chi connectivity index (χ3v) is 4.18. The van der Waals surface area contributed by atoms with Gasteiger partial charge in [0.25, 0.3) is 0 Å². The fourth-order valence-electron chi connectivity index (χ4n) is 2.78. The molecule has 1 saturated heterocycles. The summed E-state index contributed by atoms with van der Waals surface area (Å²) in [5, 5.41) is 6.76. The van der Waals surface area contributed by atoms with Crippen LogP contribution in [-0.2, 0) is 11.3 Å². The highest BCUT2D eigenvalue weighted by molar-refractivity contribution is 5.79. The third kappa shape index (κ3) is 6.62. The molecule has 0 saturated carbocycles. The number of likely N-dealkylation sites (tertiary alicyclic amines) is 1. The maximum atomic E-state index is 5.56. The molecule has 6 nitrogen and oxygen atoms in total. The lowest BCUT2D eigenvalue weighted by Crippen LogP contribution is -2.40. The van der Waals surface area contributed by atoms with Crippen LogP contribution in [0.2, 0.25) is 0 Å². The van der Waals surface area contributed by atoms with Gasteiger partial charge < -0.3 is 24.7 Å². The van der Waals surface area contributed by atoms with Crippen LogP contribution in [-0.4, -0.2) is 57.2 Å². The Balaban J connectivity index is 1.49.